The smallest absolute Gasteiger partial charge is 0.255 e. The fourth-order valence-corrected chi connectivity index (χ4v) is 3.65. The molecule has 0 radical (unpaired) electrons. The summed E-state index contributed by atoms with van der Waals surface area (Å²) in [6, 6.07) is 7.67. The first-order valence-electron chi connectivity index (χ1n) is 7.46. The molecule has 0 bridgehead atoms. The maximum absolute atomic E-state index is 12.5. The van der Waals surface area contributed by atoms with E-state index in [9.17, 15) is 4.79 Å². The van der Waals surface area contributed by atoms with Gasteiger partial charge in [-0.15, -0.1) is 23.1 Å². The molecule has 0 aliphatic rings. The number of aromatic nitrogens is 2. The van der Waals surface area contributed by atoms with Crippen LogP contribution in [0.4, 0.5) is 0 Å². The molecule has 0 spiro atoms. The highest BCUT2D eigenvalue weighted by atomic mass is 32.2. The van der Waals surface area contributed by atoms with Crippen LogP contribution in [0.25, 0.3) is 11.6 Å². The van der Waals surface area contributed by atoms with Crippen molar-refractivity contribution in [3.05, 3.63) is 52.0 Å². The van der Waals surface area contributed by atoms with Gasteiger partial charge in [-0.2, -0.15) is 0 Å². The zero-order valence-corrected chi connectivity index (χ0v) is 15.0. The molecule has 0 fully saturated rings. The number of furan rings is 1. The summed E-state index contributed by atoms with van der Waals surface area (Å²) >= 11 is 3.12. The number of hydrogen-bond donors (Lipinski definition) is 1. The van der Waals surface area contributed by atoms with Crippen molar-refractivity contribution < 1.29 is 9.21 Å². The number of carbonyl (C=O) groups excluding carboxylic acids is 1. The third kappa shape index (κ3) is 3.68. The average Bonchev–Trinajstić information content (AvgIpc) is 3.27. The van der Waals surface area contributed by atoms with Gasteiger partial charge in [0.15, 0.2) is 11.6 Å². The van der Waals surface area contributed by atoms with Gasteiger partial charge < -0.3 is 9.73 Å². The van der Waals surface area contributed by atoms with Crippen LogP contribution in [0.3, 0.4) is 0 Å². The number of amides is 1. The molecule has 0 aliphatic heterocycles. The fourth-order valence-electron chi connectivity index (χ4n) is 2.31. The molecule has 0 saturated carbocycles. The molecule has 124 valence electrons. The van der Waals surface area contributed by atoms with Crippen molar-refractivity contribution in [2.24, 2.45) is 0 Å². The second kappa shape index (κ2) is 7.63. The van der Waals surface area contributed by atoms with E-state index < -0.39 is 0 Å². The maximum atomic E-state index is 12.5. The van der Waals surface area contributed by atoms with E-state index in [0.29, 0.717) is 34.4 Å². The molecule has 24 heavy (non-hydrogen) atoms. The van der Waals surface area contributed by atoms with Crippen molar-refractivity contribution in [3.8, 4) is 11.6 Å². The number of carbonyl (C=O) groups is 1. The Morgan fingerprint density at radius 1 is 1.33 bits per heavy atom. The summed E-state index contributed by atoms with van der Waals surface area (Å²) in [7, 11) is 0. The highest BCUT2D eigenvalue weighted by Crippen LogP contribution is 2.25. The minimum absolute atomic E-state index is 0.139. The summed E-state index contributed by atoms with van der Waals surface area (Å²) in [5.74, 6) is 0.953. The van der Waals surface area contributed by atoms with Gasteiger partial charge in [0.1, 0.15) is 5.03 Å². The van der Waals surface area contributed by atoms with Gasteiger partial charge in [0.05, 0.1) is 17.5 Å². The summed E-state index contributed by atoms with van der Waals surface area (Å²) in [6.07, 6.45) is 4.30. The predicted molar refractivity (Wildman–Crippen MR) is 96.6 cm³/mol. The van der Waals surface area contributed by atoms with E-state index in [0.717, 1.165) is 6.42 Å². The number of hydrogen-bond acceptors (Lipinski definition) is 6. The van der Waals surface area contributed by atoms with Crippen LogP contribution in [-0.4, -0.2) is 28.7 Å². The molecule has 3 aromatic heterocycles. The molecular weight excluding hydrogens is 342 g/mol. The van der Waals surface area contributed by atoms with Crippen molar-refractivity contribution in [1.29, 1.82) is 0 Å². The van der Waals surface area contributed by atoms with E-state index >= 15 is 0 Å². The van der Waals surface area contributed by atoms with Crippen molar-refractivity contribution in [3.63, 3.8) is 0 Å². The van der Waals surface area contributed by atoms with E-state index in [1.54, 1.807) is 29.7 Å². The number of aryl methyl sites for hydroxylation is 1. The van der Waals surface area contributed by atoms with Gasteiger partial charge >= 0.3 is 0 Å². The van der Waals surface area contributed by atoms with Crippen LogP contribution < -0.4 is 5.32 Å². The lowest BCUT2D eigenvalue weighted by atomic mass is 10.2. The van der Waals surface area contributed by atoms with Gasteiger partial charge in [0.2, 0.25) is 0 Å². The summed E-state index contributed by atoms with van der Waals surface area (Å²) in [5.41, 5.74) is 1.18. The Bertz CT molecular complexity index is 815. The van der Waals surface area contributed by atoms with Crippen molar-refractivity contribution in [2.75, 3.05) is 12.8 Å². The van der Waals surface area contributed by atoms with Gasteiger partial charge in [-0.3, -0.25) is 4.79 Å². The second-order valence-electron chi connectivity index (χ2n) is 5.08. The monoisotopic (exact) mass is 359 g/mol. The number of thiophene rings is 1. The number of rotatable bonds is 6. The van der Waals surface area contributed by atoms with Crippen LogP contribution in [0.15, 0.2) is 45.4 Å². The Balaban J connectivity index is 1.77. The quantitative estimate of drug-likeness (QED) is 0.535. The first-order chi connectivity index (χ1) is 11.7. The summed E-state index contributed by atoms with van der Waals surface area (Å²) in [5, 5.41) is 5.65. The first-order valence-corrected chi connectivity index (χ1v) is 9.56. The normalized spacial score (nSPS) is 10.8. The number of nitrogens with one attached hydrogen (secondary N) is 1. The number of thioether (sulfide) groups is 1. The molecule has 7 heteroatoms. The topological polar surface area (TPSA) is 68.0 Å². The zero-order chi connectivity index (χ0) is 16.9. The van der Waals surface area contributed by atoms with Crippen molar-refractivity contribution in [2.45, 2.75) is 18.4 Å². The Morgan fingerprint density at radius 2 is 2.21 bits per heavy atom. The third-order valence-electron chi connectivity index (χ3n) is 3.46. The summed E-state index contributed by atoms with van der Waals surface area (Å²) in [6.45, 7) is 2.41. The van der Waals surface area contributed by atoms with Gasteiger partial charge in [-0.1, -0.05) is 6.07 Å². The van der Waals surface area contributed by atoms with Gasteiger partial charge in [-0.25, -0.2) is 9.97 Å². The van der Waals surface area contributed by atoms with E-state index in [4.69, 9.17) is 4.42 Å². The molecule has 0 aromatic carbocycles. The van der Waals surface area contributed by atoms with Gasteiger partial charge in [0, 0.05) is 11.4 Å². The SMILES string of the molecule is CSc1nc(-c2ccco2)nc(C)c1C(=O)NCCc1cccs1. The van der Waals surface area contributed by atoms with Crippen LogP contribution in [0.5, 0.6) is 0 Å². The maximum Gasteiger partial charge on any atom is 0.255 e. The Labute approximate surface area is 148 Å². The minimum atomic E-state index is -0.139. The van der Waals surface area contributed by atoms with Crippen LogP contribution in [0.1, 0.15) is 20.9 Å². The van der Waals surface area contributed by atoms with Gasteiger partial charge in [-0.05, 0) is 43.2 Å². The molecule has 1 amide bonds. The second-order valence-corrected chi connectivity index (χ2v) is 6.91. The van der Waals surface area contributed by atoms with Gasteiger partial charge in [0.25, 0.3) is 5.91 Å². The lowest BCUT2D eigenvalue weighted by molar-refractivity contribution is 0.0949. The van der Waals surface area contributed by atoms with Crippen molar-refractivity contribution >= 4 is 29.0 Å². The average molecular weight is 359 g/mol. The lowest BCUT2D eigenvalue weighted by Gasteiger charge is -2.11. The third-order valence-corrected chi connectivity index (χ3v) is 5.07. The Morgan fingerprint density at radius 3 is 2.88 bits per heavy atom. The zero-order valence-electron chi connectivity index (χ0n) is 13.4. The minimum Gasteiger partial charge on any atom is -0.461 e. The molecule has 0 unspecified atom stereocenters. The van der Waals surface area contributed by atoms with E-state index in [-0.39, 0.29) is 5.91 Å². The molecule has 3 rings (SSSR count). The molecule has 5 nitrogen and oxygen atoms in total. The standard InChI is InChI=1S/C17H17N3O2S2/c1-11-14(16(21)18-8-7-12-5-4-10-24-12)17(23-2)20-15(19-11)13-6-3-9-22-13/h3-6,9-10H,7-8H2,1-2H3,(H,18,21). The van der Waals surface area contributed by atoms with Crippen LogP contribution in [0, 0.1) is 6.92 Å². The Kier molecular flexibility index (Phi) is 5.32. The number of nitrogens with zero attached hydrogens (tertiary/aromatic N) is 2. The molecular formula is C17H17N3O2S2. The summed E-state index contributed by atoms with van der Waals surface area (Å²) < 4.78 is 5.35. The highest BCUT2D eigenvalue weighted by Gasteiger charge is 2.19. The van der Waals surface area contributed by atoms with E-state index in [2.05, 4.69) is 21.4 Å². The van der Waals surface area contributed by atoms with Crippen LogP contribution in [-0.2, 0) is 6.42 Å². The first kappa shape index (κ1) is 16.7. The molecule has 1 N–H and O–H groups in total. The summed E-state index contributed by atoms with van der Waals surface area (Å²) in [4.78, 5) is 22.7. The molecule has 0 aliphatic carbocycles. The van der Waals surface area contributed by atoms with E-state index in [1.165, 1.54) is 16.6 Å². The lowest BCUT2D eigenvalue weighted by Crippen LogP contribution is -2.27. The Hall–Kier alpha value is -2.12. The van der Waals surface area contributed by atoms with Crippen molar-refractivity contribution in [1.82, 2.24) is 15.3 Å². The van der Waals surface area contributed by atoms with Crippen LogP contribution in [0.2, 0.25) is 0 Å². The highest BCUT2D eigenvalue weighted by molar-refractivity contribution is 7.98. The largest absolute Gasteiger partial charge is 0.461 e. The van der Waals surface area contributed by atoms with E-state index in [1.807, 2.05) is 24.6 Å². The molecule has 3 heterocycles. The molecule has 3 aromatic rings. The van der Waals surface area contributed by atoms with Crippen LogP contribution >= 0.6 is 23.1 Å². The predicted octanol–water partition coefficient (Wildman–Crippen LogP) is 3.80. The molecule has 0 saturated heterocycles. The molecule has 0 atom stereocenters. The fraction of sp³-hybridized carbons (Fsp3) is 0.235.